The van der Waals surface area contributed by atoms with Gasteiger partial charge in [0.15, 0.2) is 0 Å². The molecule has 0 atom stereocenters. The minimum absolute atomic E-state index is 0.656. The average molecular weight is 228 g/mol. The summed E-state index contributed by atoms with van der Waals surface area (Å²) in [5.41, 5.74) is 2.00. The molecule has 2 aromatic rings. The lowest BCUT2D eigenvalue weighted by Gasteiger charge is -2.07. The third-order valence-corrected chi connectivity index (χ3v) is 2.85. The first kappa shape index (κ1) is 9.07. The number of hydrogen-bond acceptors (Lipinski definition) is 1. The molecule has 1 aromatic heterocycles. The number of thiophene rings is 1. The van der Waals surface area contributed by atoms with E-state index >= 15 is 0 Å². The van der Waals surface area contributed by atoms with E-state index in [1.807, 2.05) is 23.6 Å². The average Bonchev–Trinajstić information content (AvgIpc) is 2.56. The van der Waals surface area contributed by atoms with Crippen molar-refractivity contribution in [2.75, 3.05) is 0 Å². The van der Waals surface area contributed by atoms with Crippen LogP contribution in [0.3, 0.4) is 0 Å². The Hall–Kier alpha value is -0.500. The van der Waals surface area contributed by atoms with E-state index in [4.69, 9.17) is 23.2 Å². The van der Waals surface area contributed by atoms with E-state index in [1.54, 1.807) is 6.07 Å². The molecule has 0 aliphatic rings. The molecule has 0 bridgehead atoms. The van der Waals surface area contributed by atoms with Crippen LogP contribution in [0.1, 0.15) is 0 Å². The Kier molecular flexibility index (Phi) is 2.58. The lowest BCUT2D eigenvalue weighted by molar-refractivity contribution is 1.67. The first-order valence-corrected chi connectivity index (χ1v) is 5.31. The normalized spacial score (nSPS) is 10.3. The molecule has 2 rings (SSSR count). The van der Waals surface area contributed by atoms with Crippen LogP contribution in [0.25, 0.3) is 11.1 Å². The Bertz CT molecular complexity index is 407. The van der Waals surface area contributed by atoms with Crippen LogP contribution in [0.15, 0.2) is 29.6 Å². The summed E-state index contributed by atoms with van der Waals surface area (Å²) in [5, 5.41) is 6.43. The van der Waals surface area contributed by atoms with Crippen molar-refractivity contribution >= 4 is 34.5 Å². The molecular formula is C10H5Cl2S-. The molecule has 3 heteroatoms. The molecule has 0 saturated heterocycles. The van der Waals surface area contributed by atoms with Gasteiger partial charge in [0.25, 0.3) is 0 Å². The summed E-state index contributed by atoms with van der Waals surface area (Å²) in [6.07, 6.45) is 0. The minimum Gasteiger partial charge on any atom is -0.264 e. The third kappa shape index (κ3) is 1.88. The monoisotopic (exact) mass is 227 g/mol. The van der Waals surface area contributed by atoms with Crippen LogP contribution >= 0.6 is 34.5 Å². The van der Waals surface area contributed by atoms with E-state index in [-0.39, 0.29) is 0 Å². The molecule has 0 fully saturated rings. The lowest BCUT2D eigenvalue weighted by Crippen LogP contribution is -1.75. The number of halogens is 2. The quantitative estimate of drug-likeness (QED) is 0.629. The van der Waals surface area contributed by atoms with Crippen molar-refractivity contribution in [3.63, 3.8) is 0 Å². The lowest BCUT2D eigenvalue weighted by atomic mass is 10.1. The fourth-order valence-electron chi connectivity index (χ4n) is 1.09. The largest absolute Gasteiger partial charge is 0.264 e. The highest BCUT2D eigenvalue weighted by atomic mass is 35.5. The maximum absolute atomic E-state index is 6.02. The van der Waals surface area contributed by atoms with Crippen molar-refractivity contribution in [3.05, 3.63) is 45.1 Å². The van der Waals surface area contributed by atoms with Crippen LogP contribution in [-0.2, 0) is 0 Å². The van der Waals surface area contributed by atoms with Gasteiger partial charge < -0.3 is 0 Å². The second kappa shape index (κ2) is 3.70. The Morgan fingerprint density at radius 2 is 2.00 bits per heavy atom. The van der Waals surface area contributed by atoms with Gasteiger partial charge in [0.2, 0.25) is 0 Å². The van der Waals surface area contributed by atoms with Gasteiger partial charge in [-0.1, -0.05) is 46.3 Å². The first-order valence-electron chi connectivity index (χ1n) is 3.68. The summed E-state index contributed by atoms with van der Waals surface area (Å²) in [6.45, 7) is 0. The zero-order valence-corrected chi connectivity index (χ0v) is 8.88. The van der Waals surface area contributed by atoms with E-state index in [1.165, 1.54) is 11.3 Å². The predicted octanol–water partition coefficient (Wildman–Crippen LogP) is 4.52. The molecule has 1 heterocycles. The summed E-state index contributed by atoms with van der Waals surface area (Å²) in [7, 11) is 0. The summed E-state index contributed by atoms with van der Waals surface area (Å²) in [4.78, 5) is 0. The molecule has 0 aliphatic carbocycles. The van der Waals surface area contributed by atoms with Crippen LogP contribution < -0.4 is 0 Å². The smallest absolute Gasteiger partial charge is 0.0405 e. The summed E-state index contributed by atoms with van der Waals surface area (Å²) < 4.78 is 0. The van der Waals surface area contributed by atoms with Gasteiger partial charge in [-0.05, 0) is 6.07 Å². The molecule has 0 saturated carbocycles. The summed E-state index contributed by atoms with van der Waals surface area (Å²) >= 11 is 13.3. The number of benzene rings is 1. The van der Waals surface area contributed by atoms with Crippen LogP contribution in [0.2, 0.25) is 10.0 Å². The molecule has 13 heavy (non-hydrogen) atoms. The number of hydrogen-bond donors (Lipinski definition) is 0. The van der Waals surface area contributed by atoms with Crippen LogP contribution in [0, 0.1) is 5.38 Å². The van der Waals surface area contributed by atoms with Crippen LogP contribution in [-0.4, -0.2) is 0 Å². The Balaban J connectivity index is 2.53. The van der Waals surface area contributed by atoms with Crippen LogP contribution in [0.4, 0.5) is 0 Å². The molecule has 0 spiro atoms. The Morgan fingerprint density at radius 3 is 2.62 bits per heavy atom. The Morgan fingerprint density at radius 1 is 1.15 bits per heavy atom. The summed E-state index contributed by atoms with van der Waals surface area (Å²) in [5.74, 6) is 0. The molecule has 0 radical (unpaired) electrons. The molecule has 0 N–H and O–H groups in total. The first-order chi connectivity index (χ1) is 6.27. The van der Waals surface area contributed by atoms with Crippen molar-refractivity contribution in [1.29, 1.82) is 0 Å². The highest BCUT2D eigenvalue weighted by Gasteiger charge is 1.97. The van der Waals surface area contributed by atoms with Gasteiger partial charge in [0.05, 0.1) is 0 Å². The highest BCUT2D eigenvalue weighted by Crippen LogP contribution is 2.30. The fraction of sp³-hybridized carbons (Fsp3) is 0. The van der Waals surface area contributed by atoms with Gasteiger partial charge in [0, 0.05) is 10.0 Å². The zero-order valence-electron chi connectivity index (χ0n) is 6.55. The van der Waals surface area contributed by atoms with E-state index < -0.39 is 0 Å². The predicted molar refractivity (Wildman–Crippen MR) is 58.6 cm³/mol. The van der Waals surface area contributed by atoms with E-state index in [0.717, 1.165) is 11.1 Å². The van der Waals surface area contributed by atoms with Gasteiger partial charge in [-0.3, -0.25) is 11.3 Å². The SMILES string of the molecule is Clc1ccc(-c2[c-]scc2)c(Cl)c1. The molecule has 0 nitrogen and oxygen atoms in total. The van der Waals surface area contributed by atoms with Crippen molar-refractivity contribution < 1.29 is 0 Å². The fourth-order valence-corrected chi connectivity index (χ4v) is 2.17. The van der Waals surface area contributed by atoms with Gasteiger partial charge in [-0.2, -0.15) is 6.07 Å². The van der Waals surface area contributed by atoms with Gasteiger partial charge in [-0.25, -0.2) is 0 Å². The van der Waals surface area contributed by atoms with Gasteiger partial charge in [-0.15, -0.1) is 10.9 Å². The number of rotatable bonds is 1. The van der Waals surface area contributed by atoms with Gasteiger partial charge in [0.1, 0.15) is 0 Å². The molecule has 0 amide bonds. The standard InChI is InChI=1S/C10H5Cl2S/c11-8-1-2-9(10(12)5-8)7-3-4-13-6-7/h1-5H/q-1. The Labute approximate surface area is 90.7 Å². The van der Waals surface area contributed by atoms with Crippen molar-refractivity contribution in [1.82, 2.24) is 0 Å². The minimum atomic E-state index is 0.656. The maximum Gasteiger partial charge on any atom is 0.0405 e. The van der Waals surface area contributed by atoms with Crippen molar-refractivity contribution in [2.45, 2.75) is 0 Å². The van der Waals surface area contributed by atoms with E-state index in [9.17, 15) is 0 Å². The third-order valence-electron chi connectivity index (χ3n) is 1.69. The molecule has 1 aromatic carbocycles. The van der Waals surface area contributed by atoms with Crippen molar-refractivity contribution in [3.8, 4) is 11.1 Å². The highest BCUT2D eigenvalue weighted by molar-refractivity contribution is 7.07. The van der Waals surface area contributed by atoms with E-state index in [0.29, 0.717) is 10.0 Å². The molecule has 0 aliphatic heterocycles. The topological polar surface area (TPSA) is 0 Å². The second-order valence-corrected chi connectivity index (χ2v) is 4.12. The molecule has 66 valence electrons. The van der Waals surface area contributed by atoms with Crippen molar-refractivity contribution in [2.24, 2.45) is 0 Å². The maximum atomic E-state index is 6.02. The second-order valence-electron chi connectivity index (χ2n) is 2.56. The zero-order chi connectivity index (χ0) is 9.26. The summed E-state index contributed by atoms with van der Waals surface area (Å²) in [6, 6.07) is 7.46. The van der Waals surface area contributed by atoms with Crippen LogP contribution in [0.5, 0.6) is 0 Å². The van der Waals surface area contributed by atoms with Gasteiger partial charge >= 0.3 is 0 Å². The molecular weight excluding hydrogens is 223 g/mol. The van der Waals surface area contributed by atoms with E-state index in [2.05, 4.69) is 5.38 Å². The molecule has 0 unspecified atom stereocenters.